The molecule has 2 aromatic rings. The number of amides is 2. The minimum absolute atomic E-state index is 0.178. The van der Waals surface area contributed by atoms with Crippen LogP contribution in [0, 0.1) is 6.92 Å². The number of rotatable bonds is 6. The van der Waals surface area contributed by atoms with Crippen LogP contribution < -0.4 is 10.6 Å². The van der Waals surface area contributed by atoms with Gasteiger partial charge in [0.15, 0.2) is 0 Å². The third-order valence-electron chi connectivity index (χ3n) is 3.33. The molecule has 2 N–H and O–H groups in total. The van der Waals surface area contributed by atoms with Crippen LogP contribution in [0.1, 0.15) is 17.5 Å². The molecule has 0 aliphatic rings. The lowest BCUT2D eigenvalue weighted by Gasteiger charge is -2.07. The molecule has 0 fully saturated rings. The Balaban J connectivity index is 1.73. The highest BCUT2D eigenvalue weighted by Gasteiger charge is 2.04. The Kier molecular flexibility index (Phi) is 6.58. The van der Waals surface area contributed by atoms with Gasteiger partial charge >= 0.3 is 0 Å². The minimum Gasteiger partial charge on any atom is -0.352 e. The molecule has 0 heterocycles. The first-order valence-electron chi connectivity index (χ1n) is 7.61. The Morgan fingerprint density at radius 2 is 1.88 bits per heavy atom. The largest absolute Gasteiger partial charge is 0.352 e. The topological polar surface area (TPSA) is 58.2 Å². The second-order valence-corrected chi connectivity index (χ2v) is 5.70. The highest BCUT2D eigenvalue weighted by atomic mass is 35.5. The van der Waals surface area contributed by atoms with Gasteiger partial charge in [0.2, 0.25) is 11.8 Å². The van der Waals surface area contributed by atoms with Gasteiger partial charge in [-0.3, -0.25) is 9.59 Å². The Hall–Kier alpha value is -2.59. The van der Waals surface area contributed by atoms with E-state index in [4.69, 9.17) is 11.6 Å². The van der Waals surface area contributed by atoms with E-state index in [1.807, 2.05) is 43.3 Å². The van der Waals surface area contributed by atoms with Crippen LogP contribution in [0.3, 0.4) is 0 Å². The maximum Gasteiger partial charge on any atom is 0.244 e. The van der Waals surface area contributed by atoms with Gasteiger partial charge in [0.1, 0.15) is 0 Å². The second kappa shape index (κ2) is 8.89. The summed E-state index contributed by atoms with van der Waals surface area (Å²) in [5, 5.41) is 6.03. The molecule has 0 spiro atoms. The van der Waals surface area contributed by atoms with Crippen LogP contribution in [0.25, 0.3) is 6.08 Å². The van der Waals surface area contributed by atoms with Crippen LogP contribution in [0.5, 0.6) is 0 Å². The van der Waals surface area contributed by atoms with E-state index in [1.165, 1.54) is 6.08 Å². The van der Waals surface area contributed by atoms with E-state index in [0.717, 1.165) is 11.1 Å². The van der Waals surface area contributed by atoms with Crippen LogP contribution in [0.4, 0.5) is 5.69 Å². The highest BCUT2D eigenvalue weighted by Crippen LogP contribution is 2.19. The summed E-state index contributed by atoms with van der Waals surface area (Å²) in [5.74, 6) is -0.410. The molecule has 0 aliphatic carbocycles. The Morgan fingerprint density at radius 1 is 1.12 bits per heavy atom. The summed E-state index contributed by atoms with van der Waals surface area (Å²) >= 11 is 6.01. The van der Waals surface area contributed by atoms with Gasteiger partial charge in [0, 0.05) is 29.8 Å². The molecule has 0 radical (unpaired) electrons. The van der Waals surface area contributed by atoms with E-state index in [9.17, 15) is 9.59 Å². The van der Waals surface area contributed by atoms with Gasteiger partial charge in [-0.2, -0.15) is 0 Å². The predicted octanol–water partition coefficient (Wildman–Crippen LogP) is 3.81. The van der Waals surface area contributed by atoms with Crippen molar-refractivity contribution in [3.63, 3.8) is 0 Å². The maximum absolute atomic E-state index is 11.8. The van der Waals surface area contributed by atoms with Gasteiger partial charge < -0.3 is 10.6 Å². The highest BCUT2D eigenvalue weighted by molar-refractivity contribution is 6.31. The standard InChI is InChI=1S/C19H19ClN2O2/c1-14-7-9-16(13-17(14)20)22-19(24)11-12-21-18(23)10-8-15-5-3-2-4-6-15/h2-10,13H,11-12H2,1H3,(H,21,23)(H,22,24)/b10-8+. The normalized spacial score (nSPS) is 10.6. The number of hydrogen-bond donors (Lipinski definition) is 2. The molecule has 0 bridgehead atoms. The second-order valence-electron chi connectivity index (χ2n) is 5.30. The number of anilines is 1. The van der Waals surface area contributed by atoms with Crippen molar-refractivity contribution in [2.75, 3.05) is 11.9 Å². The van der Waals surface area contributed by atoms with E-state index >= 15 is 0 Å². The Bertz CT molecular complexity index is 742. The number of carbonyl (C=O) groups excluding carboxylic acids is 2. The molecule has 0 unspecified atom stereocenters. The molecule has 0 atom stereocenters. The average molecular weight is 343 g/mol. The summed E-state index contributed by atoms with van der Waals surface area (Å²) in [6, 6.07) is 14.9. The third-order valence-corrected chi connectivity index (χ3v) is 3.74. The monoisotopic (exact) mass is 342 g/mol. The number of carbonyl (C=O) groups is 2. The summed E-state index contributed by atoms with van der Waals surface area (Å²) in [5.41, 5.74) is 2.54. The van der Waals surface area contributed by atoms with Crippen molar-refractivity contribution in [2.45, 2.75) is 13.3 Å². The Labute approximate surface area is 146 Å². The SMILES string of the molecule is Cc1ccc(NC(=O)CCNC(=O)/C=C/c2ccccc2)cc1Cl. The van der Waals surface area contributed by atoms with Gasteiger partial charge in [0.25, 0.3) is 0 Å². The molecule has 5 heteroatoms. The third kappa shape index (κ3) is 5.89. The number of benzene rings is 2. The molecule has 0 aliphatic heterocycles. The predicted molar refractivity (Wildman–Crippen MR) is 97.9 cm³/mol. The van der Waals surface area contributed by atoms with E-state index < -0.39 is 0 Å². The zero-order chi connectivity index (χ0) is 17.4. The molecule has 0 aromatic heterocycles. The summed E-state index contributed by atoms with van der Waals surface area (Å²) in [6.07, 6.45) is 3.37. The summed E-state index contributed by atoms with van der Waals surface area (Å²) in [6.45, 7) is 2.16. The van der Waals surface area contributed by atoms with Crippen LogP contribution in [0.15, 0.2) is 54.6 Å². The first-order chi connectivity index (χ1) is 11.5. The first-order valence-corrected chi connectivity index (χ1v) is 7.99. The van der Waals surface area contributed by atoms with E-state index in [-0.39, 0.29) is 24.8 Å². The number of halogens is 1. The quantitative estimate of drug-likeness (QED) is 0.784. The van der Waals surface area contributed by atoms with Crippen molar-refractivity contribution in [1.29, 1.82) is 0 Å². The molecule has 124 valence electrons. The van der Waals surface area contributed by atoms with Crippen molar-refractivity contribution in [1.82, 2.24) is 5.32 Å². The summed E-state index contributed by atoms with van der Waals surface area (Å²) in [7, 11) is 0. The summed E-state index contributed by atoms with van der Waals surface area (Å²) in [4.78, 5) is 23.5. The lowest BCUT2D eigenvalue weighted by molar-refractivity contribution is -0.117. The van der Waals surface area contributed by atoms with Crippen LogP contribution in [-0.2, 0) is 9.59 Å². The fourth-order valence-electron chi connectivity index (χ4n) is 1.99. The molecule has 2 amide bonds. The molecular weight excluding hydrogens is 324 g/mol. The molecule has 0 saturated heterocycles. The smallest absolute Gasteiger partial charge is 0.244 e. The maximum atomic E-state index is 11.8. The molecule has 2 rings (SSSR count). The molecule has 24 heavy (non-hydrogen) atoms. The average Bonchev–Trinajstić information content (AvgIpc) is 2.57. The van der Waals surface area contributed by atoms with Crippen molar-refractivity contribution in [3.05, 3.63) is 70.8 Å². The summed E-state index contributed by atoms with van der Waals surface area (Å²) < 4.78 is 0. The van der Waals surface area contributed by atoms with Crippen molar-refractivity contribution < 1.29 is 9.59 Å². The van der Waals surface area contributed by atoms with E-state index in [2.05, 4.69) is 10.6 Å². The van der Waals surface area contributed by atoms with E-state index in [1.54, 1.807) is 18.2 Å². The van der Waals surface area contributed by atoms with Crippen LogP contribution in [0.2, 0.25) is 5.02 Å². The fraction of sp³-hybridized carbons (Fsp3) is 0.158. The van der Waals surface area contributed by atoms with Gasteiger partial charge in [-0.05, 0) is 36.3 Å². The van der Waals surface area contributed by atoms with Gasteiger partial charge in [-0.1, -0.05) is 48.0 Å². The minimum atomic E-state index is -0.231. The first kappa shape index (κ1) is 17.8. The van der Waals surface area contributed by atoms with Gasteiger partial charge in [0.05, 0.1) is 0 Å². The molecular formula is C19H19ClN2O2. The van der Waals surface area contributed by atoms with Gasteiger partial charge in [-0.15, -0.1) is 0 Å². The molecule has 4 nitrogen and oxygen atoms in total. The van der Waals surface area contributed by atoms with Crippen molar-refractivity contribution in [3.8, 4) is 0 Å². The van der Waals surface area contributed by atoms with Gasteiger partial charge in [-0.25, -0.2) is 0 Å². The Morgan fingerprint density at radius 3 is 2.58 bits per heavy atom. The lowest BCUT2D eigenvalue weighted by Crippen LogP contribution is -2.26. The fourth-order valence-corrected chi connectivity index (χ4v) is 2.17. The van der Waals surface area contributed by atoms with Crippen molar-refractivity contribution >= 4 is 35.2 Å². The number of aryl methyl sites for hydroxylation is 1. The number of nitrogens with one attached hydrogen (secondary N) is 2. The van der Waals surface area contributed by atoms with Crippen molar-refractivity contribution in [2.24, 2.45) is 0 Å². The van der Waals surface area contributed by atoms with E-state index in [0.29, 0.717) is 10.7 Å². The lowest BCUT2D eigenvalue weighted by atomic mass is 10.2. The van der Waals surface area contributed by atoms with Crippen LogP contribution in [-0.4, -0.2) is 18.4 Å². The molecule has 2 aromatic carbocycles. The zero-order valence-corrected chi connectivity index (χ0v) is 14.1. The zero-order valence-electron chi connectivity index (χ0n) is 13.4. The molecule has 0 saturated carbocycles. The van der Waals surface area contributed by atoms with Crippen LogP contribution >= 0.6 is 11.6 Å². The number of hydrogen-bond acceptors (Lipinski definition) is 2.